The summed E-state index contributed by atoms with van der Waals surface area (Å²) in [6, 6.07) is 2.98. The largest absolute Gasteiger partial charge is 0.449 e. The maximum atomic E-state index is 13.0. The number of esters is 1. The first-order chi connectivity index (χ1) is 9.90. The molecule has 0 aromatic heterocycles. The molecule has 1 aliphatic heterocycles. The molecule has 1 saturated heterocycles. The van der Waals surface area contributed by atoms with Crippen molar-refractivity contribution in [3.63, 3.8) is 0 Å². The third kappa shape index (κ3) is 3.38. The topological polar surface area (TPSA) is 75.7 Å². The van der Waals surface area contributed by atoms with Gasteiger partial charge in [-0.15, -0.1) is 0 Å². The number of ether oxygens (including phenoxy) is 1. The first-order valence-electron chi connectivity index (χ1n) is 6.15. The lowest BCUT2D eigenvalue weighted by molar-refractivity contribution is -0.136. The minimum Gasteiger partial charge on any atom is -0.449 e. The molecule has 112 valence electrons. The molecule has 1 aromatic rings. The fourth-order valence-corrected chi connectivity index (χ4v) is 2.34. The van der Waals surface area contributed by atoms with Crippen molar-refractivity contribution in [1.82, 2.24) is 10.2 Å². The number of nitrogens with zero attached hydrogens (tertiary/aromatic N) is 1. The number of benzene rings is 1. The van der Waals surface area contributed by atoms with E-state index in [-0.39, 0.29) is 16.6 Å². The van der Waals surface area contributed by atoms with Crippen molar-refractivity contribution in [2.45, 2.75) is 13.0 Å². The summed E-state index contributed by atoms with van der Waals surface area (Å²) in [4.78, 5) is 36.3. The fraction of sp³-hybridized carbons (Fsp3) is 0.308. The van der Waals surface area contributed by atoms with Crippen LogP contribution in [0.25, 0.3) is 0 Å². The van der Waals surface area contributed by atoms with Gasteiger partial charge in [0.05, 0.1) is 5.56 Å². The number of hydrogen-bond donors (Lipinski definition) is 1. The zero-order valence-corrected chi connectivity index (χ0v) is 12.6. The molecule has 0 aliphatic carbocycles. The molecule has 1 atom stereocenters. The molecule has 0 bridgehead atoms. The van der Waals surface area contributed by atoms with E-state index in [1.807, 2.05) is 0 Å². The van der Waals surface area contributed by atoms with Gasteiger partial charge in [-0.2, -0.15) is 0 Å². The van der Waals surface area contributed by atoms with E-state index in [2.05, 4.69) is 21.2 Å². The number of urea groups is 1. The van der Waals surface area contributed by atoms with Crippen LogP contribution < -0.4 is 5.32 Å². The SMILES string of the molecule is C[C@H](OC(=O)c1ccc(F)cc1Br)C(=O)N1CCNC1=O. The first-order valence-corrected chi connectivity index (χ1v) is 6.94. The summed E-state index contributed by atoms with van der Waals surface area (Å²) >= 11 is 3.05. The number of rotatable bonds is 3. The van der Waals surface area contributed by atoms with Gasteiger partial charge in [-0.1, -0.05) is 0 Å². The Morgan fingerprint density at radius 2 is 2.19 bits per heavy atom. The van der Waals surface area contributed by atoms with E-state index in [0.717, 1.165) is 17.0 Å². The monoisotopic (exact) mass is 358 g/mol. The van der Waals surface area contributed by atoms with Crippen molar-refractivity contribution in [2.75, 3.05) is 13.1 Å². The van der Waals surface area contributed by atoms with Crippen LogP contribution in [0.1, 0.15) is 17.3 Å². The molecule has 8 heteroatoms. The molecule has 1 N–H and O–H groups in total. The summed E-state index contributed by atoms with van der Waals surface area (Å²) in [5, 5.41) is 2.48. The molecule has 0 radical (unpaired) electrons. The summed E-state index contributed by atoms with van der Waals surface area (Å²) < 4.78 is 18.2. The van der Waals surface area contributed by atoms with E-state index in [1.165, 1.54) is 13.0 Å². The van der Waals surface area contributed by atoms with Crippen LogP contribution in [-0.4, -0.2) is 42.0 Å². The van der Waals surface area contributed by atoms with E-state index >= 15 is 0 Å². The Morgan fingerprint density at radius 3 is 2.76 bits per heavy atom. The van der Waals surface area contributed by atoms with E-state index in [1.54, 1.807) is 0 Å². The highest BCUT2D eigenvalue weighted by molar-refractivity contribution is 9.10. The van der Waals surface area contributed by atoms with Gasteiger partial charge in [-0.25, -0.2) is 14.0 Å². The standard InChI is InChI=1S/C13H12BrFN2O4/c1-7(11(18)17-5-4-16-13(17)20)21-12(19)9-3-2-8(15)6-10(9)14/h2-3,6-7H,4-5H2,1H3,(H,16,20)/t7-/m0/s1. The lowest BCUT2D eigenvalue weighted by atomic mass is 10.2. The van der Waals surface area contributed by atoms with Gasteiger partial charge in [0.2, 0.25) is 0 Å². The van der Waals surface area contributed by atoms with E-state index in [0.29, 0.717) is 6.54 Å². The Hall–Kier alpha value is -1.96. The highest BCUT2D eigenvalue weighted by Crippen LogP contribution is 2.19. The van der Waals surface area contributed by atoms with Crippen LogP contribution in [0.5, 0.6) is 0 Å². The Bertz CT molecular complexity index is 608. The molecule has 2 rings (SSSR count). The minimum absolute atomic E-state index is 0.0990. The van der Waals surface area contributed by atoms with Gasteiger partial charge in [-0.3, -0.25) is 9.69 Å². The lowest BCUT2D eigenvalue weighted by Gasteiger charge is -2.18. The van der Waals surface area contributed by atoms with Gasteiger partial charge in [0.1, 0.15) is 5.82 Å². The smallest absolute Gasteiger partial charge is 0.340 e. The molecule has 0 spiro atoms. The summed E-state index contributed by atoms with van der Waals surface area (Å²) in [5.74, 6) is -1.88. The highest BCUT2D eigenvalue weighted by Gasteiger charge is 2.32. The van der Waals surface area contributed by atoms with Crippen LogP contribution in [0.2, 0.25) is 0 Å². The Labute approximate surface area is 128 Å². The second-order valence-corrected chi connectivity index (χ2v) is 5.25. The number of amides is 3. The van der Waals surface area contributed by atoms with Crippen LogP contribution in [0, 0.1) is 5.82 Å². The fourth-order valence-electron chi connectivity index (χ4n) is 1.83. The molecule has 1 heterocycles. The predicted octanol–water partition coefficient (Wildman–Crippen LogP) is 1.69. The van der Waals surface area contributed by atoms with Gasteiger partial charge in [0.25, 0.3) is 5.91 Å². The van der Waals surface area contributed by atoms with Crippen molar-refractivity contribution < 1.29 is 23.5 Å². The maximum Gasteiger partial charge on any atom is 0.340 e. The van der Waals surface area contributed by atoms with Crippen molar-refractivity contribution in [3.8, 4) is 0 Å². The zero-order chi connectivity index (χ0) is 15.6. The summed E-state index contributed by atoms with van der Waals surface area (Å²) in [5.41, 5.74) is 0.0990. The molecule has 3 amide bonds. The quantitative estimate of drug-likeness (QED) is 0.834. The number of imide groups is 1. The zero-order valence-electron chi connectivity index (χ0n) is 11.1. The van der Waals surface area contributed by atoms with E-state index in [4.69, 9.17) is 4.74 Å². The molecule has 21 heavy (non-hydrogen) atoms. The number of carbonyl (C=O) groups excluding carboxylic acids is 3. The molecular formula is C13H12BrFN2O4. The van der Waals surface area contributed by atoms with Gasteiger partial charge < -0.3 is 10.1 Å². The van der Waals surface area contributed by atoms with Crippen LogP contribution in [0.4, 0.5) is 9.18 Å². The number of hydrogen-bond acceptors (Lipinski definition) is 4. The van der Waals surface area contributed by atoms with Gasteiger partial charge >= 0.3 is 12.0 Å². The number of halogens is 2. The molecule has 0 unspecified atom stereocenters. The molecule has 0 saturated carbocycles. The van der Waals surface area contributed by atoms with Gasteiger partial charge in [0, 0.05) is 17.6 Å². The number of nitrogens with one attached hydrogen (secondary N) is 1. The molecular weight excluding hydrogens is 347 g/mol. The Morgan fingerprint density at radius 1 is 1.48 bits per heavy atom. The van der Waals surface area contributed by atoms with Gasteiger partial charge in [-0.05, 0) is 41.1 Å². The van der Waals surface area contributed by atoms with Crippen molar-refractivity contribution in [2.24, 2.45) is 0 Å². The van der Waals surface area contributed by atoms with Crippen LogP contribution >= 0.6 is 15.9 Å². The van der Waals surface area contributed by atoms with E-state index in [9.17, 15) is 18.8 Å². The third-order valence-corrected chi connectivity index (χ3v) is 3.56. The Balaban J connectivity index is 2.05. The highest BCUT2D eigenvalue weighted by atomic mass is 79.9. The summed E-state index contributed by atoms with van der Waals surface area (Å²) in [6.45, 7) is 1.98. The molecule has 1 fully saturated rings. The number of carbonyl (C=O) groups is 3. The van der Waals surface area contributed by atoms with Crippen molar-refractivity contribution in [1.29, 1.82) is 0 Å². The normalized spacial score (nSPS) is 15.6. The second kappa shape index (κ2) is 6.21. The second-order valence-electron chi connectivity index (χ2n) is 4.39. The third-order valence-electron chi connectivity index (χ3n) is 2.91. The predicted molar refractivity (Wildman–Crippen MR) is 74.1 cm³/mol. The lowest BCUT2D eigenvalue weighted by Crippen LogP contribution is -2.41. The first kappa shape index (κ1) is 15.4. The van der Waals surface area contributed by atoms with Crippen molar-refractivity contribution >= 4 is 33.8 Å². The minimum atomic E-state index is -1.11. The average Bonchev–Trinajstić information content (AvgIpc) is 2.83. The Kier molecular flexibility index (Phi) is 4.56. The van der Waals surface area contributed by atoms with Gasteiger partial charge in [0.15, 0.2) is 6.10 Å². The van der Waals surface area contributed by atoms with Crippen LogP contribution in [-0.2, 0) is 9.53 Å². The van der Waals surface area contributed by atoms with Crippen LogP contribution in [0.3, 0.4) is 0 Å². The summed E-state index contributed by atoms with van der Waals surface area (Å²) in [7, 11) is 0. The molecule has 1 aromatic carbocycles. The molecule has 1 aliphatic rings. The average molecular weight is 359 g/mol. The van der Waals surface area contributed by atoms with Crippen LogP contribution in [0.15, 0.2) is 22.7 Å². The maximum absolute atomic E-state index is 13.0. The van der Waals surface area contributed by atoms with E-state index < -0.39 is 29.8 Å². The van der Waals surface area contributed by atoms with Crippen molar-refractivity contribution in [3.05, 3.63) is 34.1 Å². The summed E-state index contributed by atoms with van der Waals surface area (Å²) in [6.07, 6.45) is -1.11. The molecule has 6 nitrogen and oxygen atoms in total.